The molecule has 1 aliphatic rings. The zero-order chi connectivity index (χ0) is 20.4. The molecule has 0 amide bonds. The van der Waals surface area contributed by atoms with Crippen LogP contribution in [-0.2, 0) is 4.79 Å². The van der Waals surface area contributed by atoms with Crippen LogP contribution in [0.1, 0.15) is 38.7 Å². The Morgan fingerprint density at radius 1 is 1.24 bits per heavy atom. The summed E-state index contributed by atoms with van der Waals surface area (Å²) in [5.41, 5.74) is 2.56. The van der Waals surface area contributed by atoms with Crippen molar-refractivity contribution in [1.29, 1.82) is 0 Å². The Kier molecular flexibility index (Phi) is 5.09. The van der Waals surface area contributed by atoms with Crippen LogP contribution in [0.25, 0.3) is 11.3 Å². The second kappa shape index (κ2) is 7.70. The number of carbonyl (C=O) groups is 1. The van der Waals surface area contributed by atoms with Gasteiger partial charge in [0.25, 0.3) is 6.01 Å². The number of benzene rings is 1. The van der Waals surface area contributed by atoms with E-state index in [0.717, 1.165) is 48.4 Å². The zero-order valence-electron chi connectivity index (χ0n) is 17.1. The van der Waals surface area contributed by atoms with Crippen LogP contribution in [-0.4, -0.2) is 27.8 Å². The first-order valence-electron chi connectivity index (χ1n) is 10.1. The number of Topliss-reactive ketones (excluding diaryl/α,β-unsaturated/α-hetero) is 1. The number of aryl methyl sites for hydroxylation is 1. The number of rotatable bonds is 8. The van der Waals surface area contributed by atoms with Gasteiger partial charge in [-0.05, 0) is 62.9 Å². The van der Waals surface area contributed by atoms with Gasteiger partial charge in [-0.15, -0.1) is 0 Å². The Morgan fingerprint density at radius 3 is 2.76 bits per heavy atom. The van der Waals surface area contributed by atoms with Crippen molar-refractivity contribution in [2.24, 2.45) is 0 Å². The number of ketones is 1. The number of hydrogen-bond acceptors (Lipinski definition) is 6. The monoisotopic (exact) mass is 390 g/mol. The van der Waals surface area contributed by atoms with Crippen molar-refractivity contribution < 1.29 is 9.21 Å². The predicted octanol–water partition coefficient (Wildman–Crippen LogP) is 5.13. The van der Waals surface area contributed by atoms with Crippen LogP contribution in [0.2, 0.25) is 0 Å². The first kappa shape index (κ1) is 19.2. The molecule has 2 heterocycles. The summed E-state index contributed by atoms with van der Waals surface area (Å²) >= 11 is 0. The average molecular weight is 390 g/mol. The molecule has 1 saturated carbocycles. The lowest BCUT2D eigenvalue weighted by molar-refractivity contribution is -0.119. The van der Waals surface area contributed by atoms with Gasteiger partial charge in [0.2, 0.25) is 0 Å². The van der Waals surface area contributed by atoms with Crippen LogP contribution >= 0.6 is 0 Å². The number of aromatic nitrogens is 2. The predicted molar refractivity (Wildman–Crippen MR) is 114 cm³/mol. The molecule has 4 rings (SSSR count). The summed E-state index contributed by atoms with van der Waals surface area (Å²) in [6.45, 7) is 6.55. The summed E-state index contributed by atoms with van der Waals surface area (Å²) in [4.78, 5) is 23.1. The number of carbonyl (C=O) groups excluding carboxylic acids is 1. The van der Waals surface area contributed by atoms with Crippen LogP contribution in [0.3, 0.4) is 0 Å². The molecular formula is C23H26N4O2. The SMILES string of the molecule is CCCN(c1ncc(-c2cccc(Nc3cc(C)ccn3)c2)o1)C1(C(C)=O)CC1. The van der Waals surface area contributed by atoms with E-state index in [0.29, 0.717) is 11.8 Å². The van der Waals surface area contributed by atoms with Gasteiger partial charge in [-0.3, -0.25) is 4.79 Å². The average Bonchev–Trinajstić information content (AvgIpc) is 3.36. The van der Waals surface area contributed by atoms with E-state index in [9.17, 15) is 4.79 Å². The van der Waals surface area contributed by atoms with Crippen molar-refractivity contribution in [1.82, 2.24) is 9.97 Å². The number of nitrogens with one attached hydrogen (secondary N) is 1. The molecule has 0 bridgehead atoms. The Bertz CT molecular complexity index is 1020. The quantitative estimate of drug-likeness (QED) is 0.575. The van der Waals surface area contributed by atoms with E-state index in [4.69, 9.17) is 4.42 Å². The molecule has 1 N–H and O–H groups in total. The molecule has 1 fully saturated rings. The van der Waals surface area contributed by atoms with Crippen molar-refractivity contribution in [2.75, 3.05) is 16.8 Å². The first-order valence-corrected chi connectivity index (χ1v) is 10.1. The molecule has 2 aromatic heterocycles. The summed E-state index contributed by atoms with van der Waals surface area (Å²) in [6, 6.07) is 12.4. The highest BCUT2D eigenvalue weighted by Crippen LogP contribution is 2.45. The Morgan fingerprint density at radius 2 is 2.07 bits per heavy atom. The lowest BCUT2D eigenvalue weighted by Gasteiger charge is -2.28. The van der Waals surface area contributed by atoms with Crippen LogP contribution in [0.5, 0.6) is 0 Å². The molecule has 29 heavy (non-hydrogen) atoms. The topological polar surface area (TPSA) is 71.3 Å². The van der Waals surface area contributed by atoms with E-state index in [-0.39, 0.29) is 5.78 Å². The van der Waals surface area contributed by atoms with Gasteiger partial charge in [-0.1, -0.05) is 19.1 Å². The van der Waals surface area contributed by atoms with Gasteiger partial charge < -0.3 is 14.6 Å². The minimum atomic E-state index is -0.432. The van der Waals surface area contributed by atoms with Gasteiger partial charge in [0.15, 0.2) is 11.5 Å². The number of oxazole rings is 1. The van der Waals surface area contributed by atoms with E-state index in [1.165, 1.54) is 0 Å². The van der Waals surface area contributed by atoms with E-state index in [2.05, 4.69) is 22.2 Å². The Labute approximate surface area is 171 Å². The second-order valence-corrected chi connectivity index (χ2v) is 7.67. The van der Waals surface area contributed by atoms with Gasteiger partial charge in [-0.2, -0.15) is 0 Å². The highest BCUT2D eigenvalue weighted by atomic mass is 16.4. The number of nitrogens with zero attached hydrogens (tertiary/aromatic N) is 3. The maximum atomic E-state index is 12.2. The Balaban J connectivity index is 1.58. The van der Waals surface area contributed by atoms with Gasteiger partial charge in [-0.25, -0.2) is 9.97 Å². The van der Waals surface area contributed by atoms with Crippen LogP contribution < -0.4 is 10.2 Å². The van der Waals surface area contributed by atoms with Crippen molar-refractivity contribution >= 4 is 23.3 Å². The highest BCUT2D eigenvalue weighted by molar-refractivity contribution is 5.92. The van der Waals surface area contributed by atoms with E-state index in [1.54, 1.807) is 19.3 Å². The summed E-state index contributed by atoms with van der Waals surface area (Å²) < 4.78 is 6.10. The fourth-order valence-corrected chi connectivity index (χ4v) is 3.67. The fraction of sp³-hybridized carbons (Fsp3) is 0.348. The molecule has 6 nitrogen and oxygen atoms in total. The maximum Gasteiger partial charge on any atom is 0.298 e. The maximum absolute atomic E-state index is 12.2. The molecule has 0 unspecified atom stereocenters. The lowest BCUT2D eigenvalue weighted by atomic mass is 10.1. The van der Waals surface area contributed by atoms with Crippen LogP contribution in [0.4, 0.5) is 17.5 Å². The third-order valence-corrected chi connectivity index (χ3v) is 5.40. The molecule has 0 atom stereocenters. The lowest BCUT2D eigenvalue weighted by Crippen LogP contribution is -2.43. The van der Waals surface area contributed by atoms with E-state index < -0.39 is 5.54 Å². The molecule has 150 valence electrons. The number of anilines is 3. The van der Waals surface area contributed by atoms with Crippen molar-refractivity contribution in [3.63, 3.8) is 0 Å². The van der Waals surface area contributed by atoms with Crippen molar-refractivity contribution in [3.8, 4) is 11.3 Å². The molecular weight excluding hydrogens is 364 g/mol. The van der Waals surface area contributed by atoms with Crippen molar-refractivity contribution in [3.05, 3.63) is 54.4 Å². The third kappa shape index (κ3) is 3.88. The first-order chi connectivity index (χ1) is 14.0. The van der Waals surface area contributed by atoms with Gasteiger partial charge in [0.1, 0.15) is 11.4 Å². The van der Waals surface area contributed by atoms with E-state index in [1.807, 2.05) is 48.2 Å². The van der Waals surface area contributed by atoms with Crippen molar-refractivity contribution in [2.45, 2.75) is 45.6 Å². The molecule has 1 aliphatic carbocycles. The second-order valence-electron chi connectivity index (χ2n) is 7.67. The normalized spacial score (nSPS) is 14.4. The zero-order valence-corrected chi connectivity index (χ0v) is 17.1. The van der Waals surface area contributed by atoms with Gasteiger partial charge >= 0.3 is 0 Å². The summed E-state index contributed by atoms with van der Waals surface area (Å²) in [5, 5.41) is 3.33. The van der Waals surface area contributed by atoms with E-state index >= 15 is 0 Å². The summed E-state index contributed by atoms with van der Waals surface area (Å²) in [7, 11) is 0. The molecule has 0 aliphatic heterocycles. The Hall–Kier alpha value is -3.15. The smallest absolute Gasteiger partial charge is 0.298 e. The van der Waals surface area contributed by atoms with Crippen LogP contribution in [0.15, 0.2) is 53.2 Å². The molecule has 1 aromatic carbocycles. The molecule has 0 spiro atoms. The standard InChI is InChI=1S/C23H26N4O2/c1-4-12-27(23(9-10-23)17(3)28)22-25-15-20(29-22)18-6-5-7-19(14-18)26-21-13-16(2)8-11-24-21/h5-8,11,13-15H,4,9-10,12H2,1-3H3,(H,24,26). The summed E-state index contributed by atoms with van der Waals surface area (Å²) in [6.07, 6.45) is 6.18. The fourth-order valence-electron chi connectivity index (χ4n) is 3.67. The van der Waals surface area contributed by atoms with Crippen LogP contribution in [0, 0.1) is 6.92 Å². The number of hydrogen-bond donors (Lipinski definition) is 1. The number of pyridine rings is 1. The molecule has 0 saturated heterocycles. The van der Waals surface area contributed by atoms with Gasteiger partial charge in [0, 0.05) is 24.0 Å². The molecule has 6 heteroatoms. The molecule has 3 aromatic rings. The summed E-state index contributed by atoms with van der Waals surface area (Å²) in [5.74, 6) is 1.66. The minimum Gasteiger partial charge on any atom is -0.423 e. The third-order valence-electron chi connectivity index (χ3n) is 5.40. The molecule has 0 radical (unpaired) electrons. The highest BCUT2D eigenvalue weighted by Gasteiger charge is 2.53. The largest absolute Gasteiger partial charge is 0.423 e. The van der Waals surface area contributed by atoms with Gasteiger partial charge in [0.05, 0.1) is 6.20 Å². The minimum absolute atomic E-state index is 0.183.